The molecule has 1 aromatic heterocycles. The molecular formula is C30H38N6O2. The van der Waals surface area contributed by atoms with Gasteiger partial charge in [0.15, 0.2) is 5.82 Å². The van der Waals surface area contributed by atoms with Gasteiger partial charge in [-0.15, -0.1) is 0 Å². The Kier molecular flexibility index (Phi) is 7.79. The zero-order valence-electron chi connectivity index (χ0n) is 22.9. The van der Waals surface area contributed by atoms with E-state index in [1.165, 1.54) is 5.56 Å². The minimum absolute atomic E-state index is 0.0587. The summed E-state index contributed by atoms with van der Waals surface area (Å²) < 4.78 is 6.05. The molecule has 2 aliphatic rings. The van der Waals surface area contributed by atoms with E-state index in [1.807, 2.05) is 32.0 Å². The first-order chi connectivity index (χ1) is 18.5. The summed E-state index contributed by atoms with van der Waals surface area (Å²) >= 11 is 0. The average Bonchev–Trinajstić information content (AvgIpc) is 2.94. The van der Waals surface area contributed by atoms with Gasteiger partial charge in [-0.2, -0.15) is 4.98 Å². The quantitative estimate of drug-likeness (QED) is 0.443. The molecule has 0 radical (unpaired) electrons. The molecule has 8 heteroatoms. The van der Waals surface area contributed by atoms with E-state index in [4.69, 9.17) is 9.72 Å². The van der Waals surface area contributed by atoms with Crippen molar-refractivity contribution in [3.8, 4) is 5.75 Å². The van der Waals surface area contributed by atoms with Crippen LogP contribution in [0.4, 0.5) is 23.1 Å². The first kappa shape index (κ1) is 26.0. The number of carbonyl (C=O) groups excluding carboxylic acids is 1. The van der Waals surface area contributed by atoms with E-state index in [0.29, 0.717) is 37.1 Å². The van der Waals surface area contributed by atoms with Gasteiger partial charge in [0, 0.05) is 13.6 Å². The maximum atomic E-state index is 13.2. The Bertz CT molecular complexity index is 1260. The molecule has 1 N–H and O–H groups in total. The summed E-state index contributed by atoms with van der Waals surface area (Å²) in [6, 6.07) is 16.4. The lowest BCUT2D eigenvalue weighted by Crippen LogP contribution is -2.52. The van der Waals surface area contributed by atoms with Gasteiger partial charge in [-0.05, 0) is 75.5 Å². The molecule has 2 aliphatic heterocycles. The predicted molar refractivity (Wildman–Crippen MR) is 153 cm³/mol. The van der Waals surface area contributed by atoms with Crippen LogP contribution in [-0.2, 0) is 11.3 Å². The molecular weight excluding hydrogens is 476 g/mol. The lowest BCUT2D eigenvalue weighted by molar-refractivity contribution is -0.120. The number of fused-ring (bicyclic) bond motifs is 1. The Morgan fingerprint density at radius 3 is 2.53 bits per heavy atom. The lowest BCUT2D eigenvalue weighted by Gasteiger charge is -2.40. The number of aromatic nitrogens is 2. The molecule has 1 saturated heterocycles. The number of ether oxygens (including phenoxy) is 1. The van der Waals surface area contributed by atoms with Gasteiger partial charge in [-0.1, -0.05) is 43.3 Å². The van der Waals surface area contributed by atoms with Crippen LogP contribution in [0.5, 0.6) is 5.75 Å². The molecule has 200 valence electrons. The van der Waals surface area contributed by atoms with Crippen LogP contribution in [0.25, 0.3) is 0 Å². The fourth-order valence-corrected chi connectivity index (χ4v) is 5.49. The highest BCUT2D eigenvalue weighted by Gasteiger charge is 2.37. The van der Waals surface area contributed by atoms with E-state index in [1.54, 1.807) is 18.1 Å². The molecule has 1 atom stereocenters. The van der Waals surface area contributed by atoms with E-state index in [-0.39, 0.29) is 11.9 Å². The van der Waals surface area contributed by atoms with Gasteiger partial charge in [0.05, 0.1) is 18.5 Å². The highest BCUT2D eigenvalue weighted by Crippen LogP contribution is 2.38. The molecule has 1 amide bonds. The van der Waals surface area contributed by atoms with Crippen LogP contribution in [-0.4, -0.2) is 60.6 Å². The number of nitrogens with zero attached hydrogens (tertiary/aromatic N) is 5. The fraction of sp³-hybridized carbons (Fsp3) is 0.433. The zero-order valence-corrected chi connectivity index (χ0v) is 22.9. The molecule has 5 rings (SSSR count). The predicted octanol–water partition coefficient (Wildman–Crippen LogP) is 5.19. The Labute approximate surface area is 225 Å². The van der Waals surface area contributed by atoms with Crippen molar-refractivity contribution in [1.29, 1.82) is 0 Å². The lowest BCUT2D eigenvalue weighted by atomic mass is 9.89. The van der Waals surface area contributed by atoms with Crippen molar-refractivity contribution in [3.05, 3.63) is 65.9 Å². The second-order valence-corrected chi connectivity index (χ2v) is 10.2. The highest BCUT2D eigenvalue weighted by atomic mass is 16.5. The molecule has 0 bridgehead atoms. The van der Waals surface area contributed by atoms with Crippen molar-refractivity contribution in [2.45, 2.75) is 51.6 Å². The van der Waals surface area contributed by atoms with Crippen molar-refractivity contribution in [2.75, 3.05) is 48.9 Å². The van der Waals surface area contributed by atoms with Gasteiger partial charge in [0.25, 0.3) is 0 Å². The van der Waals surface area contributed by atoms with E-state index >= 15 is 0 Å². The number of rotatable bonds is 8. The SMILES string of the molecule is CCOc1cc(C2CCN(C)CC2)ccc1Nc1ncc2c(n1)N(Cc1ccccc1)[C@H](CC)C(=O)N2C. The summed E-state index contributed by atoms with van der Waals surface area (Å²) in [6.07, 6.45) is 4.74. The normalized spacial score (nSPS) is 18.4. The van der Waals surface area contributed by atoms with Crippen LogP contribution >= 0.6 is 0 Å². The number of likely N-dealkylation sites (N-methyl/N-ethyl adjacent to an activating group) is 1. The summed E-state index contributed by atoms with van der Waals surface area (Å²) in [5, 5.41) is 3.40. The molecule has 2 aromatic carbocycles. The minimum Gasteiger partial charge on any atom is -0.492 e. The van der Waals surface area contributed by atoms with Crippen molar-refractivity contribution >= 4 is 29.0 Å². The number of anilines is 4. The van der Waals surface area contributed by atoms with Crippen molar-refractivity contribution in [3.63, 3.8) is 0 Å². The number of nitrogens with one attached hydrogen (secondary N) is 1. The Hall–Kier alpha value is -3.65. The molecule has 1 fully saturated rings. The minimum atomic E-state index is -0.289. The summed E-state index contributed by atoms with van der Waals surface area (Å²) in [6.45, 7) is 7.45. The first-order valence-corrected chi connectivity index (χ1v) is 13.7. The Balaban J connectivity index is 1.45. The van der Waals surface area contributed by atoms with E-state index in [9.17, 15) is 4.79 Å². The second kappa shape index (κ2) is 11.4. The second-order valence-electron chi connectivity index (χ2n) is 10.2. The third-order valence-corrected chi connectivity index (χ3v) is 7.70. The molecule has 0 saturated carbocycles. The van der Waals surface area contributed by atoms with Gasteiger partial charge >= 0.3 is 0 Å². The standard InChI is InChI=1S/C30H38N6O2/c1-5-25-29(37)35(4)26-19-31-30(33-28(26)36(25)20-21-10-8-7-9-11-21)32-24-13-12-23(18-27(24)38-6-2)22-14-16-34(3)17-15-22/h7-13,18-19,22,25H,5-6,14-17,20H2,1-4H3,(H,31,32,33)/t25-/m1/s1. The van der Waals surface area contributed by atoms with Gasteiger partial charge in [0.2, 0.25) is 11.9 Å². The largest absolute Gasteiger partial charge is 0.492 e. The molecule has 3 aromatic rings. The van der Waals surface area contributed by atoms with Crippen LogP contribution < -0.4 is 19.9 Å². The smallest absolute Gasteiger partial charge is 0.249 e. The summed E-state index contributed by atoms with van der Waals surface area (Å²) in [4.78, 5) is 28.9. The van der Waals surface area contributed by atoms with Crippen LogP contribution in [0.2, 0.25) is 0 Å². The number of hydrogen-bond donors (Lipinski definition) is 1. The Morgan fingerprint density at radius 2 is 1.82 bits per heavy atom. The van der Waals surface area contributed by atoms with Crippen LogP contribution in [0.3, 0.4) is 0 Å². The molecule has 0 spiro atoms. The fourth-order valence-electron chi connectivity index (χ4n) is 5.49. The molecule has 38 heavy (non-hydrogen) atoms. The van der Waals surface area contributed by atoms with Crippen LogP contribution in [0, 0.1) is 0 Å². The van der Waals surface area contributed by atoms with Crippen LogP contribution in [0.1, 0.15) is 50.2 Å². The number of carbonyl (C=O) groups is 1. The number of benzene rings is 2. The molecule has 0 aliphatic carbocycles. The maximum absolute atomic E-state index is 13.2. The van der Waals surface area contributed by atoms with Gasteiger partial charge in [0.1, 0.15) is 17.5 Å². The number of likely N-dealkylation sites (tertiary alicyclic amines) is 1. The van der Waals surface area contributed by atoms with Crippen LogP contribution in [0.15, 0.2) is 54.7 Å². The summed E-state index contributed by atoms with van der Waals surface area (Å²) in [7, 11) is 3.99. The van der Waals surface area contributed by atoms with Crippen molar-refractivity contribution in [2.24, 2.45) is 0 Å². The third kappa shape index (κ3) is 5.31. The monoisotopic (exact) mass is 514 g/mol. The van der Waals surface area contributed by atoms with E-state index < -0.39 is 0 Å². The van der Waals surface area contributed by atoms with E-state index in [0.717, 1.165) is 48.7 Å². The van der Waals surface area contributed by atoms with Gasteiger partial charge < -0.3 is 24.8 Å². The Morgan fingerprint density at radius 1 is 1.05 bits per heavy atom. The van der Waals surface area contributed by atoms with Crippen molar-refractivity contribution < 1.29 is 9.53 Å². The number of piperidine rings is 1. The topological polar surface area (TPSA) is 73.8 Å². The molecule has 3 heterocycles. The third-order valence-electron chi connectivity index (χ3n) is 7.70. The zero-order chi connectivity index (χ0) is 26.6. The summed E-state index contributed by atoms with van der Waals surface area (Å²) in [5.41, 5.74) is 4.00. The number of hydrogen-bond acceptors (Lipinski definition) is 7. The van der Waals surface area contributed by atoms with Gasteiger partial charge in [-0.25, -0.2) is 4.98 Å². The maximum Gasteiger partial charge on any atom is 0.249 e. The van der Waals surface area contributed by atoms with Crippen molar-refractivity contribution in [1.82, 2.24) is 14.9 Å². The molecule has 0 unspecified atom stereocenters. The average molecular weight is 515 g/mol. The number of amides is 1. The summed E-state index contributed by atoms with van der Waals surface area (Å²) in [5.74, 6) is 2.65. The van der Waals surface area contributed by atoms with Gasteiger partial charge in [-0.3, -0.25) is 4.79 Å². The first-order valence-electron chi connectivity index (χ1n) is 13.7. The van der Waals surface area contributed by atoms with E-state index in [2.05, 4.69) is 57.5 Å². The highest BCUT2D eigenvalue weighted by molar-refractivity contribution is 6.04. The molecule has 8 nitrogen and oxygen atoms in total.